The Morgan fingerprint density at radius 2 is 2.17 bits per heavy atom. The van der Waals surface area contributed by atoms with Gasteiger partial charge < -0.3 is 10.8 Å². The fourth-order valence-corrected chi connectivity index (χ4v) is 5.74. The topological polar surface area (TPSA) is 80.4 Å². The molecule has 4 rings (SSSR count). The number of rotatable bonds is 2. The number of hydrogen-bond acceptors (Lipinski definition) is 2. The van der Waals surface area contributed by atoms with Crippen molar-refractivity contribution in [3.63, 3.8) is 0 Å². The molecule has 3 saturated carbocycles. The molecule has 3 fully saturated rings. The van der Waals surface area contributed by atoms with E-state index in [9.17, 15) is 14.7 Å². The van der Waals surface area contributed by atoms with E-state index in [4.69, 9.17) is 5.73 Å². The Labute approximate surface area is 105 Å². The highest BCUT2D eigenvalue weighted by Gasteiger charge is 2.72. The minimum Gasteiger partial charge on any atom is -0.481 e. The molecule has 0 spiro atoms. The van der Waals surface area contributed by atoms with Gasteiger partial charge in [0, 0.05) is 0 Å². The van der Waals surface area contributed by atoms with E-state index in [2.05, 4.69) is 6.08 Å². The molecule has 18 heavy (non-hydrogen) atoms. The van der Waals surface area contributed by atoms with Gasteiger partial charge in [0.2, 0.25) is 5.91 Å². The zero-order chi connectivity index (χ0) is 12.7. The van der Waals surface area contributed by atoms with Gasteiger partial charge in [0.1, 0.15) is 0 Å². The largest absolute Gasteiger partial charge is 0.481 e. The lowest BCUT2D eigenvalue weighted by Gasteiger charge is -2.41. The average molecular weight is 247 g/mol. The lowest BCUT2D eigenvalue weighted by atomic mass is 9.61. The number of carbonyl (C=O) groups is 2. The first-order valence-electron chi connectivity index (χ1n) is 6.77. The number of carbonyl (C=O) groups excluding carboxylic acids is 1. The Bertz CT molecular complexity index is 497. The first-order chi connectivity index (χ1) is 8.55. The quantitative estimate of drug-likeness (QED) is 0.567. The van der Waals surface area contributed by atoms with Crippen LogP contribution >= 0.6 is 0 Å². The SMILES string of the molecule is NC(=O)C1CC2CC1(C(=O)O)C1C3CC=C(C3)C21. The van der Waals surface area contributed by atoms with Crippen molar-refractivity contribution in [1.29, 1.82) is 0 Å². The summed E-state index contributed by atoms with van der Waals surface area (Å²) in [6.07, 6.45) is 5.73. The van der Waals surface area contributed by atoms with Crippen molar-refractivity contribution in [3.8, 4) is 0 Å². The maximum Gasteiger partial charge on any atom is 0.310 e. The summed E-state index contributed by atoms with van der Waals surface area (Å²) in [5.41, 5.74) is 6.10. The molecule has 96 valence electrons. The second-order valence-electron chi connectivity index (χ2n) is 6.53. The summed E-state index contributed by atoms with van der Waals surface area (Å²) in [7, 11) is 0. The lowest BCUT2D eigenvalue weighted by molar-refractivity contribution is -0.160. The summed E-state index contributed by atoms with van der Waals surface area (Å²) in [6.45, 7) is 0. The molecular weight excluding hydrogens is 230 g/mol. The lowest BCUT2D eigenvalue weighted by Crippen LogP contribution is -2.49. The van der Waals surface area contributed by atoms with Crippen molar-refractivity contribution in [1.82, 2.24) is 0 Å². The molecular formula is C14H17NO3. The van der Waals surface area contributed by atoms with Crippen molar-refractivity contribution < 1.29 is 14.7 Å². The normalized spacial score (nSPS) is 51.3. The van der Waals surface area contributed by atoms with E-state index in [0.29, 0.717) is 30.6 Å². The Morgan fingerprint density at radius 1 is 1.39 bits per heavy atom. The van der Waals surface area contributed by atoms with Gasteiger partial charge in [-0.1, -0.05) is 11.6 Å². The van der Waals surface area contributed by atoms with Crippen LogP contribution in [0.15, 0.2) is 11.6 Å². The van der Waals surface area contributed by atoms with Gasteiger partial charge in [-0.15, -0.1) is 0 Å². The van der Waals surface area contributed by atoms with Crippen LogP contribution in [0.4, 0.5) is 0 Å². The van der Waals surface area contributed by atoms with Gasteiger partial charge in [-0.3, -0.25) is 9.59 Å². The number of amides is 1. The van der Waals surface area contributed by atoms with E-state index in [1.54, 1.807) is 0 Å². The zero-order valence-corrected chi connectivity index (χ0v) is 10.1. The second kappa shape index (κ2) is 2.98. The van der Waals surface area contributed by atoms with Crippen molar-refractivity contribution in [2.24, 2.45) is 40.7 Å². The Kier molecular flexibility index (Phi) is 1.75. The second-order valence-corrected chi connectivity index (χ2v) is 6.53. The molecule has 4 bridgehead atoms. The molecule has 0 heterocycles. The van der Waals surface area contributed by atoms with Crippen molar-refractivity contribution >= 4 is 11.9 Å². The van der Waals surface area contributed by atoms with Gasteiger partial charge >= 0.3 is 5.97 Å². The van der Waals surface area contributed by atoms with Crippen LogP contribution < -0.4 is 5.73 Å². The summed E-state index contributed by atoms with van der Waals surface area (Å²) in [4.78, 5) is 23.5. The number of fused-ring (bicyclic) bond motifs is 9. The molecule has 3 N–H and O–H groups in total. The minimum atomic E-state index is -0.845. The van der Waals surface area contributed by atoms with E-state index < -0.39 is 23.2 Å². The molecule has 0 aromatic carbocycles. The Morgan fingerprint density at radius 3 is 2.83 bits per heavy atom. The number of primary amides is 1. The predicted octanol–water partition coefficient (Wildman–Crippen LogP) is 1.16. The average Bonchev–Trinajstić information content (AvgIpc) is 3.05. The summed E-state index contributed by atoms with van der Waals surface area (Å²) >= 11 is 0. The standard InChI is InChI=1S/C14H17NO3/c15-12(16)9-4-8-5-14(9,13(17)18)11-7-2-1-6(3-7)10(8)11/h1,7-11H,2-5H2,(H2,15,16)(H,17,18). The molecule has 6 atom stereocenters. The van der Waals surface area contributed by atoms with Gasteiger partial charge in [-0.05, 0) is 49.4 Å². The third-order valence-corrected chi connectivity index (χ3v) is 6.11. The van der Waals surface area contributed by atoms with E-state index in [0.717, 1.165) is 12.8 Å². The first kappa shape index (κ1) is 10.6. The monoisotopic (exact) mass is 247 g/mol. The summed E-state index contributed by atoms with van der Waals surface area (Å²) < 4.78 is 0. The predicted molar refractivity (Wildman–Crippen MR) is 63.3 cm³/mol. The van der Waals surface area contributed by atoms with Crippen molar-refractivity contribution in [2.75, 3.05) is 0 Å². The van der Waals surface area contributed by atoms with Crippen LogP contribution in [-0.4, -0.2) is 17.0 Å². The van der Waals surface area contributed by atoms with Gasteiger partial charge in [0.15, 0.2) is 0 Å². The molecule has 4 aliphatic carbocycles. The molecule has 6 unspecified atom stereocenters. The minimum absolute atomic E-state index is 0.172. The molecule has 4 heteroatoms. The third kappa shape index (κ3) is 0.919. The first-order valence-corrected chi connectivity index (χ1v) is 6.77. The van der Waals surface area contributed by atoms with Crippen LogP contribution in [0, 0.1) is 35.0 Å². The number of carboxylic acids is 1. The molecule has 4 aliphatic rings. The molecule has 0 aliphatic heterocycles. The molecule has 0 aromatic heterocycles. The fourth-order valence-electron chi connectivity index (χ4n) is 5.74. The zero-order valence-electron chi connectivity index (χ0n) is 10.1. The molecule has 0 aromatic rings. The van der Waals surface area contributed by atoms with E-state index in [-0.39, 0.29) is 5.92 Å². The smallest absolute Gasteiger partial charge is 0.310 e. The number of carboxylic acid groups (broad SMARTS) is 1. The third-order valence-electron chi connectivity index (χ3n) is 6.11. The Hall–Kier alpha value is -1.32. The van der Waals surface area contributed by atoms with Crippen LogP contribution in [0.5, 0.6) is 0 Å². The highest BCUT2D eigenvalue weighted by atomic mass is 16.4. The van der Waals surface area contributed by atoms with Gasteiger partial charge in [0.25, 0.3) is 0 Å². The maximum absolute atomic E-state index is 11.9. The van der Waals surface area contributed by atoms with Crippen molar-refractivity contribution in [2.45, 2.75) is 25.7 Å². The van der Waals surface area contributed by atoms with Crippen LogP contribution in [0.25, 0.3) is 0 Å². The summed E-state index contributed by atoms with van der Waals surface area (Å²) in [6, 6.07) is 0. The van der Waals surface area contributed by atoms with E-state index >= 15 is 0 Å². The van der Waals surface area contributed by atoms with Crippen LogP contribution in [0.2, 0.25) is 0 Å². The Balaban J connectivity index is 1.85. The van der Waals surface area contributed by atoms with Crippen LogP contribution in [0.3, 0.4) is 0 Å². The number of nitrogens with two attached hydrogens (primary N) is 1. The molecule has 0 saturated heterocycles. The highest BCUT2D eigenvalue weighted by molar-refractivity contribution is 5.88. The van der Waals surface area contributed by atoms with E-state index in [1.807, 2.05) is 0 Å². The van der Waals surface area contributed by atoms with Crippen molar-refractivity contribution in [3.05, 3.63) is 11.6 Å². The molecule has 0 radical (unpaired) electrons. The summed E-state index contributed by atoms with van der Waals surface area (Å²) in [5.74, 6) is -0.194. The van der Waals surface area contributed by atoms with Gasteiger partial charge in [-0.25, -0.2) is 0 Å². The number of aliphatic carboxylic acids is 1. The highest BCUT2D eigenvalue weighted by Crippen LogP contribution is 2.72. The van der Waals surface area contributed by atoms with Crippen LogP contribution in [-0.2, 0) is 9.59 Å². The molecule has 1 amide bonds. The number of allylic oxidation sites excluding steroid dienone is 2. The van der Waals surface area contributed by atoms with E-state index in [1.165, 1.54) is 5.57 Å². The van der Waals surface area contributed by atoms with Gasteiger partial charge in [-0.2, -0.15) is 0 Å². The van der Waals surface area contributed by atoms with Gasteiger partial charge in [0.05, 0.1) is 11.3 Å². The molecule has 4 nitrogen and oxygen atoms in total. The summed E-state index contributed by atoms with van der Waals surface area (Å²) in [5, 5.41) is 9.76. The van der Waals surface area contributed by atoms with Crippen LogP contribution in [0.1, 0.15) is 25.7 Å². The number of hydrogen-bond donors (Lipinski definition) is 2. The maximum atomic E-state index is 11.9. The fraction of sp³-hybridized carbons (Fsp3) is 0.714.